The molecule has 1 aliphatic carbocycles. The molecule has 1 aliphatic heterocycles. The molecule has 1 amide bonds. The quantitative estimate of drug-likeness (QED) is 0.336. The normalized spacial score (nSPS) is 31.6. The zero-order valence-electron chi connectivity index (χ0n) is 24.6. The van der Waals surface area contributed by atoms with Crippen molar-refractivity contribution in [2.24, 2.45) is 11.3 Å². The second-order valence-electron chi connectivity index (χ2n) is 11.5. The van der Waals surface area contributed by atoms with Crippen LogP contribution >= 0.6 is 0 Å². The Balaban J connectivity index is 1.44. The van der Waals surface area contributed by atoms with E-state index >= 15 is 0 Å². The van der Waals surface area contributed by atoms with Gasteiger partial charge in [0.25, 0.3) is 0 Å². The molecule has 1 saturated heterocycles. The minimum absolute atomic E-state index is 0.0450. The van der Waals surface area contributed by atoms with Crippen LogP contribution in [0.15, 0.2) is 72.8 Å². The Kier molecular flexibility index (Phi) is 11.4. The van der Waals surface area contributed by atoms with Gasteiger partial charge in [0.1, 0.15) is 6.10 Å². The van der Waals surface area contributed by atoms with Crippen molar-refractivity contribution >= 4 is 5.91 Å². The summed E-state index contributed by atoms with van der Waals surface area (Å²) in [5.74, 6) is 0.228. The average Bonchev–Trinajstić information content (AvgIpc) is 2.97. The number of nitrogens with one attached hydrogen (secondary N) is 1. The van der Waals surface area contributed by atoms with E-state index < -0.39 is 0 Å². The van der Waals surface area contributed by atoms with E-state index in [1.807, 2.05) is 36.4 Å². The molecule has 2 aromatic rings. The molecule has 1 heterocycles. The van der Waals surface area contributed by atoms with Gasteiger partial charge in [0.15, 0.2) is 0 Å². The molecular weight excluding hydrogens is 502 g/mol. The summed E-state index contributed by atoms with van der Waals surface area (Å²) in [6.07, 6.45) is 7.89. The Hall–Kier alpha value is -2.51. The number of benzene rings is 2. The molecule has 1 fully saturated rings. The number of ether oxygens (including phenoxy) is 4. The van der Waals surface area contributed by atoms with Crippen molar-refractivity contribution in [2.45, 2.75) is 96.6 Å². The summed E-state index contributed by atoms with van der Waals surface area (Å²) in [5, 5.41) is 2.84. The highest BCUT2D eigenvalue weighted by Gasteiger charge is 2.45. The van der Waals surface area contributed by atoms with Gasteiger partial charge in [-0.2, -0.15) is 0 Å². The fraction of sp³-hybridized carbons (Fsp3) is 0.559. The molecule has 0 aromatic heterocycles. The van der Waals surface area contributed by atoms with Crippen LogP contribution in [0.5, 0.6) is 0 Å². The molecule has 40 heavy (non-hydrogen) atoms. The van der Waals surface area contributed by atoms with Gasteiger partial charge in [-0.25, -0.2) is 0 Å². The standard InChI is InChI=1S/C34H47NO5/c1-5-29-30(24-37-28-18-12-13-20-34(3,21-19-28)33(36)35-4)40-25(2)31(38-22-26-14-8-6-9-15-26)32(29)39-23-27-16-10-7-11-17-27/h6-12,14-18,25,28-32H,5,13,19-24H2,1-4H3,(H,35,36)/b18-12+. The number of carbonyl (C=O) groups excluding carboxylic acids is 1. The van der Waals surface area contributed by atoms with Crippen LogP contribution < -0.4 is 5.32 Å². The van der Waals surface area contributed by atoms with Crippen molar-refractivity contribution in [2.75, 3.05) is 13.7 Å². The minimum Gasteiger partial charge on any atom is -0.371 e. The Morgan fingerprint density at radius 1 is 0.950 bits per heavy atom. The molecular formula is C34H47NO5. The van der Waals surface area contributed by atoms with Crippen LogP contribution in [-0.4, -0.2) is 50.1 Å². The van der Waals surface area contributed by atoms with E-state index in [1.54, 1.807) is 7.05 Å². The van der Waals surface area contributed by atoms with E-state index in [0.29, 0.717) is 19.8 Å². The van der Waals surface area contributed by atoms with Gasteiger partial charge in [0, 0.05) is 18.4 Å². The maximum absolute atomic E-state index is 12.5. The first-order valence-corrected chi connectivity index (χ1v) is 14.9. The lowest BCUT2D eigenvalue weighted by Crippen LogP contribution is -2.56. The topological polar surface area (TPSA) is 66.0 Å². The number of amides is 1. The third-order valence-corrected chi connectivity index (χ3v) is 8.56. The summed E-state index contributed by atoms with van der Waals surface area (Å²) in [4.78, 5) is 12.5. The molecule has 6 nitrogen and oxygen atoms in total. The van der Waals surface area contributed by atoms with Crippen molar-refractivity contribution in [3.63, 3.8) is 0 Å². The highest BCUT2D eigenvalue weighted by molar-refractivity contribution is 5.81. The zero-order valence-corrected chi connectivity index (χ0v) is 24.6. The van der Waals surface area contributed by atoms with Crippen molar-refractivity contribution in [1.82, 2.24) is 5.32 Å². The first kappa shape index (κ1) is 30.4. The van der Waals surface area contributed by atoms with Crippen molar-refractivity contribution in [3.8, 4) is 0 Å². The van der Waals surface area contributed by atoms with E-state index in [1.165, 1.54) is 0 Å². The van der Waals surface area contributed by atoms with Gasteiger partial charge in [-0.1, -0.05) is 86.7 Å². The Bertz CT molecular complexity index is 1060. The van der Waals surface area contributed by atoms with Gasteiger partial charge in [-0.05, 0) is 50.2 Å². The molecule has 2 aliphatic rings. The smallest absolute Gasteiger partial charge is 0.225 e. The Morgan fingerprint density at radius 3 is 2.17 bits per heavy atom. The molecule has 7 atom stereocenters. The van der Waals surface area contributed by atoms with Crippen LogP contribution in [-0.2, 0) is 37.0 Å². The summed E-state index contributed by atoms with van der Waals surface area (Å²) < 4.78 is 26.2. The monoisotopic (exact) mass is 549 g/mol. The van der Waals surface area contributed by atoms with Gasteiger partial charge < -0.3 is 24.3 Å². The van der Waals surface area contributed by atoms with Crippen molar-refractivity contribution < 1.29 is 23.7 Å². The molecule has 2 aromatic carbocycles. The van der Waals surface area contributed by atoms with Crippen LogP contribution in [0, 0.1) is 11.3 Å². The molecule has 0 bridgehead atoms. The van der Waals surface area contributed by atoms with E-state index in [0.717, 1.165) is 43.2 Å². The number of hydrogen-bond acceptors (Lipinski definition) is 5. The lowest BCUT2D eigenvalue weighted by Gasteiger charge is -2.46. The van der Waals surface area contributed by atoms with Crippen LogP contribution in [0.1, 0.15) is 64.0 Å². The second-order valence-corrected chi connectivity index (χ2v) is 11.5. The van der Waals surface area contributed by atoms with Gasteiger partial charge in [-0.15, -0.1) is 0 Å². The lowest BCUT2D eigenvalue weighted by molar-refractivity contribution is -0.240. The number of rotatable bonds is 11. The van der Waals surface area contributed by atoms with E-state index in [4.69, 9.17) is 18.9 Å². The first-order valence-electron chi connectivity index (χ1n) is 14.9. The zero-order chi connectivity index (χ0) is 28.4. The maximum atomic E-state index is 12.5. The summed E-state index contributed by atoms with van der Waals surface area (Å²) in [7, 11) is 1.72. The lowest BCUT2D eigenvalue weighted by atomic mass is 9.78. The van der Waals surface area contributed by atoms with Crippen LogP contribution in [0.2, 0.25) is 0 Å². The first-order chi connectivity index (χ1) is 19.4. The fourth-order valence-electron chi connectivity index (χ4n) is 6.03. The largest absolute Gasteiger partial charge is 0.371 e. The molecule has 0 saturated carbocycles. The van der Waals surface area contributed by atoms with Gasteiger partial charge in [-0.3, -0.25) is 4.79 Å². The average molecular weight is 550 g/mol. The van der Waals surface area contributed by atoms with Crippen LogP contribution in [0.25, 0.3) is 0 Å². The molecule has 0 radical (unpaired) electrons. The minimum atomic E-state index is -0.372. The molecule has 6 heteroatoms. The maximum Gasteiger partial charge on any atom is 0.225 e. The van der Waals surface area contributed by atoms with Crippen molar-refractivity contribution in [3.05, 3.63) is 83.9 Å². The van der Waals surface area contributed by atoms with E-state index in [2.05, 4.69) is 62.5 Å². The molecule has 218 valence electrons. The predicted molar refractivity (Wildman–Crippen MR) is 158 cm³/mol. The molecule has 0 spiro atoms. The Morgan fingerprint density at radius 2 is 1.57 bits per heavy atom. The third kappa shape index (κ3) is 8.03. The fourth-order valence-corrected chi connectivity index (χ4v) is 6.03. The van der Waals surface area contributed by atoms with Gasteiger partial charge in [0.2, 0.25) is 5.91 Å². The number of hydrogen-bond donors (Lipinski definition) is 1. The summed E-state index contributed by atoms with van der Waals surface area (Å²) >= 11 is 0. The highest BCUT2D eigenvalue weighted by Crippen LogP contribution is 2.36. The van der Waals surface area contributed by atoms with E-state index in [9.17, 15) is 4.79 Å². The van der Waals surface area contributed by atoms with Gasteiger partial charge in [0.05, 0.1) is 44.2 Å². The van der Waals surface area contributed by atoms with Crippen LogP contribution in [0.4, 0.5) is 0 Å². The summed E-state index contributed by atoms with van der Waals surface area (Å²) in [6, 6.07) is 20.5. The SMILES string of the molecule is CCC1C(COC2/C=C/CCC(C)(C(=O)NC)CC2)OC(C)C(OCc2ccccc2)C1OCc1ccccc1. The van der Waals surface area contributed by atoms with Gasteiger partial charge >= 0.3 is 0 Å². The number of carbonyl (C=O) groups is 1. The second kappa shape index (κ2) is 14.9. The summed E-state index contributed by atoms with van der Waals surface area (Å²) in [5.41, 5.74) is 1.91. The van der Waals surface area contributed by atoms with E-state index in [-0.39, 0.29) is 47.8 Å². The number of allylic oxidation sites excluding steroid dienone is 1. The molecule has 7 unspecified atom stereocenters. The Labute approximate surface area is 240 Å². The highest BCUT2D eigenvalue weighted by atomic mass is 16.6. The van der Waals surface area contributed by atoms with Crippen molar-refractivity contribution in [1.29, 1.82) is 0 Å². The molecule has 4 rings (SSSR count). The third-order valence-electron chi connectivity index (χ3n) is 8.56. The molecule has 1 N–H and O–H groups in total. The predicted octanol–water partition coefficient (Wildman–Crippen LogP) is 6.24. The van der Waals surface area contributed by atoms with Crippen LogP contribution in [0.3, 0.4) is 0 Å². The summed E-state index contributed by atoms with van der Waals surface area (Å²) in [6.45, 7) is 7.85.